The van der Waals surface area contributed by atoms with Gasteiger partial charge in [-0.2, -0.15) is 13.2 Å². The van der Waals surface area contributed by atoms with Crippen LogP contribution in [0.5, 0.6) is 0 Å². The van der Waals surface area contributed by atoms with E-state index in [1.54, 1.807) is 19.1 Å². The molecule has 0 aliphatic rings. The Morgan fingerprint density at radius 2 is 1.89 bits per heavy atom. The third-order valence-corrected chi connectivity index (χ3v) is 3.70. The van der Waals surface area contributed by atoms with Crippen LogP contribution in [-0.4, -0.2) is 19.2 Å². The molecule has 0 amide bonds. The molecule has 3 nitrogen and oxygen atoms in total. The second kappa shape index (κ2) is 13.1. The van der Waals surface area contributed by atoms with Gasteiger partial charge in [0, 0.05) is 12.7 Å². The predicted octanol–water partition coefficient (Wildman–Crippen LogP) is 5.85. The van der Waals surface area contributed by atoms with Gasteiger partial charge in [0.05, 0.1) is 18.8 Å². The maximum absolute atomic E-state index is 12.6. The zero-order chi connectivity index (χ0) is 20.0. The van der Waals surface area contributed by atoms with Crippen molar-refractivity contribution in [1.29, 1.82) is 0 Å². The van der Waals surface area contributed by atoms with Crippen LogP contribution in [0.15, 0.2) is 48.6 Å². The highest BCUT2D eigenvalue weighted by Crippen LogP contribution is 2.29. The number of unbranched alkanes of at least 4 members (excludes halogenated alkanes) is 4. The number of hydrogen-bond donors (Lipinski definition) is 0. The largest absolute Gasteiger partial charge is 0.463 e. The summed E-state index contributed by atoms with van der Waals surface area (Å²) in [5.41, 5.74) is -0.111. The molecule has 1 aromatic rings. The standard InChI is InChI=1S/C21H27F3O3/c1-2-27-20(25)14-9-7-5-3-4-6-8-10-15-26-17-18-12-11-13-19(16-18)21(22,23)24/h5,7,9,11-14,16H,2-4,6,8,10,15,17H2,1H3. The van der Waals surface area contributed by atoms with E-state index in [0.717, 1.165) is 44.2 Å². The monoisotopic (exact) mass is 384 g/mol. The number of allylic oxidation sites excluding steroid dienone is 3. The molecule has 0 N–H and O–H groups in total. The van der Waals surface area contributed by atoms with Crippen molar-refractivity contribution in [3.63, 3.8) is 0 Å². The SMILES string of the molecule is CCOC(=O)C=CC=CCCCCCCOCc1cccc(C(F)(F)F)c1. The minimum absolute atomic E-state index is 0.194. The first-order valence-corrected chi connectivity index (χ1v) is 9.17. The molecule has 0 aliphatic heterocycles. The lowest BCUT2D eigenvalue weighted by atomic mass is 10.1. The molecule has 0 atom stereocenters. The second-order valence-electron chi connectivity index (χ2n) is 5.99. The quantitative estimate of drug-likeness (QED) is 0.196. The van der Waals surface area contributed by atoms with Gasteiger partial charge in [0.1, 0.15) is 0 Å². The van der Waals surface area contributed by atoms with Gasteiger partial charge < -0.3 is 9.47 Å². The lowest BCUT2D eigenvalue weighted by Crippen LogP contribution is -2.05. The van der Waals surface area contributed by atoms with Gasteiger partial charge in [-0.3, -0.25) is 0 Å². The molecule has 150 valence electrons. The molecule has 0 aliphatic carbocycles. The van der Waals surface area contributed by atoms with Crippen molar-refractivity contribution >= 4 is 5.97 Å². The molecule has 0 fully saturated rings. The number of esters is 1. The summed E-state index contributed by atoms with van der Waals surface area (Å²) in [5, 5.41) is 0. The molecule has 1 aromatic carbocycles. The van der Waals surface area contributed by atoms with E-state index in [1.165, 1.54) is 12.1 Å². The summed E-state index contributed by atoms with van der Waals surface area (Å²) in [6.07, 6.45) is 7.48. The van der Waals surface area contributed by atoms with Crippen LogP contribution in [0.25, 0.3) is 0 Å². The predicted molar refractivity (Wildman–Crippen MR) is 99.1 cm³/mol. The summed E-state index contributed by atoms with van der Waals surface area (Å²) >= 11 is 0. The summed E-state index contributed by atoms with van der Waals surface area (Å²) in [7, 11) is 0. The van der Waals surface area contributed by atoms with Crippen LogP contribution in [0.4, 0.5) is 13.2 Å². The molecular formula is C21H27F3O3. The molecule has 0 bridgehead atoms. The van der Waals surface area contributed by atoms with E-state index in [9.17, 15) is 18.0 Å². The number of carbonyl (C=O) groups is 1. The number of alkyl halides is 3. The average molecular weight is 384 g/mol. The zero-order valence-corrected chi connectivity index (χ0v) is 15.6. The highest BCUT2D eigenvalue weighted by atomic mass is 19.4. The van der Waals surface area contributed by atoms with Crippen LogP contribution in [0, 0.1) is 0 Å². The van der Waals surface area contributed by atoms with E-state index in [-0.39, 0.29) is 12.6 Å². The first kappa shape index (κ1) is 23.0. The molecule has 0 unspecified atom stereocenters. The average Bonchev–Trinajstić information content (AvgIpc) is 2.62. The first-order valence-electron chi connectivity index (χ1n) is 9.17. The summed E-state index contributed by atoms with van der Waals surface area (Å²) in [6.45, 7) is 2.86. The normalized spacial score (nSPS) is 12.1. The van der Waals surface area contributed by atoms with Crippen LogP contribution in [0.2, 0.25) is 0 Å². The Labute approximate surface area is 158 Å². The summed E-state index contributed by atoms with van der Waals surface area (Å²) in [5.74, 6) is -0.340. The maximum Gasteiger partial charge on any atom is 0.416 e. The van der Waals surface area contributed by atoms with Gasteiger partial charge in [-0.05, 0) is 43.9 Å². The van der Waals surface area contributed by atoms with Gasteiger partial charge in [-0.25, -0.2) is 4.79 Å². The van der Waals surface area contributed by atoms with Crippen LogP contribution < -0.4 is 0 Å². The number of rotatable bonds is 12. The van der Waals surface area contributed by atoms with Gasteiger partial charge in [0.2, 0.25) is 0 Å². The van der Waals surface area contributed by atoms with E-state index in [4.69, 9.17) is 9.47 Å². The second-order valence-corrected chi connectivity index (χ2v) is 5.99. The van der Waals surface area contributed by atoms with E-state index >= 15 is 0 Å². The molecule has 0 saturated heterocycles. The molecule has 0 spiro atoms. The number of halogens is 3. The fraction of sp³-hybridized carbons (Fsp3) is 0.476. The molecule has 6 heteroatoms. The Balaban J connectivity index is 2.04. The van der Waals surface area contributed by atoms with E-state index in [2.05, 4.69) is 0 Å². The van der Waals surface area contributed by atoms with Gasteiger partial charge in [0.25, 0.3) is 0 Å². The third-order valence-electron chi connectivity index (χ3n) is 3.70. The van der Waals surface area contributed by atoms with Crippen molar-refractivity contribution in [3.8, 4) is 0 Å². The molecule has 27 heavy (non-hydrogen) atoms. The fourth-order valence-electron chi connectivity index (χ4n) is 2.35. The van der Waals surface area contributed by atoms with E-state index in [1.807, 2.05) is 12.2 Å². The van der Waals surface area contributed by atoms with Crippen LogP contribution >= 0.6 is 0 Å². The van der Waals surface area contributed by atoms with Crippen molar-refractivity contribution in [3.05, 3.63) is 59.7 Å². The van der Waals surface area contributed by atoms with Crippen molar-refractivity contribution in [1.82, 2.24) is 0 Å². The Hall–Kier alpha value is -2.08. The van der Waals surface area contributed by atoms with E-state index in [0.29, 0.717) is 18.8 Å². The molecule has 0 heterocycles. The molecule has 0 radical (unpaired) electrons. The highest BCUT2D eigenvalue weighted by Gasteiger charge is 2.30. The fourth-order valence-corrected chi connectivity index (χ4v) is 2.35. The summed E-state index contributed by atoms with van der Waals surface area (Å²) < 4.78 is 48.1. The topological polar surface area (TPSA) is 35.5 Å². The van der Waals surface area contributed by atoms with Gasteiger partial charge in [0.15, 0.2) is 0 Å². The number of carbonyl (C=O) groups excluding carboxylic acids is 1. The van der Waals surface area contributed by atoms with Crippen molar-refractivity contribution in [2.45, 2.75) is 51.8 Å². The minimum atomic E-state index is -4.32. The third kappa shape index (κ3) is 11.3. The van der Waals surface area contributed by atoms with Crippen molar-refractivity contribution in [2.75, 3.05) is 13.2 Å². The number of benzene rings is 1. The van der Waals surface area contributed by atoms with Crippen LogP contribution in [0.1, 0.15) is 50.2 Å². The van der Waals surface area contributed by atoms with Crippen LogP contribution in [-0.2, 0) is 27.1 Å². The van der Waals surface area contributed by atoms with Gasteiger partial charge >= 0.3 is 12.1 Å². The molecular weight excluding hydrogens is 357 g/mol. The summed E-state index contributed by atoms with van der Waals surface area (Å²) in [6, 6.07) is 5.22. The van der Waals surface area contributed by atoms with Gasteiger partial charge in [-0.15, -0.1) is 0 Å². The Morgan fingerprint density at radius 1 is 1.11 bits per heavy atom. The Morgan fingerprint density at radius 3 is 2.63 bits per heavy atom. The van der Waals surface area contributed by atoms with Crippen molar-refractivity contribution in [2.24, 2.45) is 0 Å². The van der Waals surface area contributed by atoms with Crippen molar-refractivity contribution < 1.29 is 27.4 Å². The molecule has 0 aromatic heterocycles. The smallest absolute Gasteiger partial charge is 0.416 e. The first-order chi connectivity index (χ1) is 12.9. The lowest BCUT2D eigenvalue weighted by Gasteiger charge is -2.09. The maximum atomic E-state index is 12.6. The number of hydrogen-bond acceptors (Lipinski definition) is 3. The lowest BCUT2D eigenvalue weighted by molar-refractivity contribution is -0.138. The molecule has 0 saturated carbocycles. The van der Waals surface area contributed by atoms with E-state index < -0.39 is 11.7 Å². The minimum Gasteiger partial charge on any atom is -0.463 e. The number of ether oxygens (including phenoxy) is 2. The van der Waals surface area contributed by atoms with Gasteiger partial charge in [-0.1, -0.05) is 43.2 Å². The Bertz CT molecular complexity index is 607. The summed E-state index contributed by atoms with van der Waals surface area (Å²) in [4.78, 5) is 11.0. The zero-order valence-electron chi connectivity index (χ0n) is 15.6. The van der Waals surface area contributed by atoms with Crippen LogP contribution in [0.3, 0.4) is 0 Å². The molecule has 1 rings (SSSR count). The highest BCUT2D eigenvalue weighted by molar-refractivity contribution is 5.82. The Kier molecular flexibility index (Phi) is 11.2.